The van der Waals surface area contributed by atoms with Gasteiger partial charge in [0.05, 0.1) is 76.6 Å². The molecule has 0 saturated carbocycles. The summed E-state index contributed by atoms with van der Waals surface area (Å²) in [5, 5.41) is 19.7. The van der Waals surface area contributed by atoms with Gasteiger partial charge in [0, 0.05) is 63.5 Å². The summed E-state index contributed by atoms with van der Waals surface area (Å²) in [7, 11) is 6.37. The fourth-order valence-electron chi connectivity index (χ4n) is 6.83. The molecule has 0 bridgehead atoms. The average Bonchev–Trinajstić information content (AvgIpc) is 4.21. The maximum absolute atomic E-state index is 12.1. The number of imidazole rings is 2. The summed E-state index contributed by atoms with van der Waals surface area (Å²) in [5.41, 5.74) is 19.8. The number of nitrogens with two attached hydrogens (primary N) is 1. The van der Waals surface area contributed by atoms with Crippen molar-refractivity contribution in [1.82, 2.24) is 70.4 Å². The lowest BCUT2D eigenvalue weighted by Gasteiger charge is -2.00. The van der Waals surface area contributed by atoms with Gasteiger partial charge in [0.15, 0.2) is 5.82 Å². The molecule has 0 saturated heterocycles. The number of hydrogen-bond donors (Lipinski definition) is 5. The first-order valence-corrected chi connectivity index (χ1v) is 23.3. The molecular formula is C47H47N15O6S3. The van der Waals surface area contributed by atoms with Gasteiger partial charge < -0.3 is 31.7 Å². The van der Waals surface area contributed by atoms with Crippen LogP contribution in [0.3, 0.4) is 0 Å². The zero-order valence-corrected chi connectivity index (χ0v) is 40.5. The molecule has 0 aliphatic heterocycles. The van der Waals surface area contributed by atoms with E-state index in [9.17, 15) is 19.2 Å². The van der Waals surface area contributed by atoms with E-state index in [-0.39, 0.29) is 30.9 Å². The molecule has 0 radical (unpaired) electrons. The summed E-state index contributed by atoms with van der Waals surface area (Å²) >= 11 is 4.55. The van der Waals surface area contributed by atoms with Crippen LogP contribution in [0.25, 0.3) is 75.9 Å². The Labute approximate surface area is 416 Å². The van der Waals surface area contributed by atoms with Crippen molar-refractivity contribution in [3.05, 3.63) is 131 Å². The van der Waals surface area contributed by atoms with Crippen LogP contribution in [-0.4, -0.2) is 106 Å². The number of ether oxygens (including phenoxy) is 1. The summed E-state index contributed by atoms with van der Waals surface area (Å²) in [6.45, 7) is 2.06. The first kappa shape index (κ1) is 52.0. The molecule has 24 heteroatoms. The Kier molecular flexibility index (Phi) is 16.7. The summed E-state index contributed by atoms with van der Waals surface area (Å²) in [5.74, 6) is -1.94. The normalized spacial score (nSPS) is 10.5. The van der Waals surface area contributed by atoms with Gasteiger partial charge in [-0.25, -0.2) is 29.7 Å². The summed E-state index contributed by atoms with van der Waals surface area (Å²) < 4.78 is 13.0. The number of esters is 1. The molecule has 3 aromatic carbocycles. The number of aromatic nitrogens is 13. The molecule has 11 aromatic rings. The lowest BCUT2D eigenvalue weighted by atomic mass is 10.1. The van der Waals surface area contributed by atoms with Crippen LogP contribution in [0.15, 0.2) is 108 Å². The second-order valence-corrected chi connectivity index (χ2v) is 17.2. The largest absolute Gasteiger partial charge is 0.460 e. The number of carbonyl (C=O) groups excluding carboxylic acids is 4. The smallest absolute Gasteiger partial charge is 0.374 e. The van der Waals surface area contributed by atoms with Gasteiger partial charge in [-0.3, -0.25) is 28.4 Å². The van der Waals surface area contributed by atoms with Crippen molar-refractivity contribution in [2.45, 2.75) is 14.4 Å². The van der Waals surface area contributed by atoms with Crippen LogP contribution in [0.4, 0.5) is 0 Å². The van der Waals surface area contributed by atoms with Crippen LogP contribution in [0, 0.1) is 0 Å². The zero-order valence-electron chi connectivity index (χ0n) is 38.0. The van der Waals surface area contributed by atoms with Crippen molar-refractivity contribution < 1.29 is 29.0 Å². The number of amides is 1. The monoisotopic (exact) mass is 1010 g/mol. The highest BCUT2D eigenvalue weighted by atomic mass is 32.1. The van der Waals surface area contributed by atoms with E-state index in [1.807, 2.05) is 80.5 Å². The molecule has 11 rings (SSSR count). The first-order valence-electron chi connectivity index (χ1n) is 20.6. The number of nitrogens with one attached hydrogen (secondary N) is 2. The molecule has 8 N–H and O–H groups in total. The van der Waals surface area contributed by atoms with Crippen molar-refractivity contribution >= 4 is 88.1 Å². The fraction of sp³-hybridized carbons (Fsp3) is 0.149. The average molecular weight is 1010 g/mol. The van der Waals surface area contributed by atoms with Gasteiger partial charge in [-0.2, -0.15) is 15.3 Å². The molecule has 364 valence electrons. The van der Waals surface area contributed by atoms with Crippen LogP contribution >= 0.6 is 34.0 Å². The summed E-state index contributed by atoms with van der Waals surface area (Å²) in [4.78, 5) is 75.3. The van der Waals surface area contributed by atoms with Gasteiger partial charge in [-0.1, -0.05) is 19.6 Å². The number of aryl methyl sites for hydroxylation is 3. The van der Waals surface area contributed by atoms with E-state index in [1.54, 1.807) is 81.4 Å². The van der Waals surface area contributed by atoms with Gasteiger partial charge in [0.25, 0.3) is 11.7 Å². The summed E-state index contributed by atoms with van der Waals surface area (Å²) in [6, 6.07) is 22.1. The number of thiazole rings is 3. The van der Waals surface area contributed by atoms with Gasteiger partial charge in [-0.15, -0.1) is 34.0 Å². The molecule has 8 aromatic heterocycles. The molecule has 21 nitrogen and oxygen atoms in total. The number of H-pyrrole nitrogens is 2. The molecule has 0 aliphatic rings. The van der Waals surface area contributed by atoms with Crippen LogP contribution < -0.4 is 11.9 Å². The predicted octanol–water partition coefficient (Wildman–Crippen LogP) is 7.95. The Morgan fingerprint density at radius 1 is 0.620 bits per heavy atom. The first-order chi connectivity index (χ1) is 33.4. The number of hydrogen-bond acceptors (Lipinski definition) is 18. The highest BCUT2D eigenvalue weighted by Gasteiger charge is 2.23. The van der Waals surface area contributed by atoms with Crippen molar-refractivity contribution in [2.24, 2.45) is 26.9 Å². The van der Waals surface area contributed by atoms with E-state index in [0.29, 0.717) is 46.3 Å². The third kappa shape index (κ3) is 11.4. The highest BCUT2D eigenvalue weighted by molar-refractivity contribution is 7.17. The second kappa shape index (κ2) is 22.8. The third-order valence-corrected chi connectivity index (χ3v) is 12.4. The minimum absolute atomic E-state index is 0. The molecule has 71 heavy (non-hydrogen) atoms. The molecule has 0 fully saturated rings. The number of ketones is 2. The van der Waals surface area contributed by atoms with Gasteiger partial charge in [0.1, 0.15) is 17.1 Å². The number of primary amides is 1. The SMILES string of the molecule is C.CCOC(=O)c1nc(-c2ccc3ncsc3c2)c(-c2ccn(C)n2)[nH]1.CO.Cn1ccc(-c2[nH]c(C(N)=O)nc2-c2ccc3ncsc3c2)n1.Cn1ccc(C(=O)C(=O)c2ccc3ncsc3c2)n1.N. The van der Waals surface area contributed by atoms with Crippen molar-refractivity contribution in [3.8, 4) is 45.3 Å². The molecule has 0 aliphatic carbocycles. The van der Waals surface area contributed by atoms with Crippen molar-refractivity contribution in [3.63, 3.8) is 0 Å². The predicted molar refractivity (Wildman–Crippen MR) is 275 cm³/mol. The van der Waals surface area contributed by atoms with Crippen LogP contribution in [-0.2, 0) is 25.9 Å². The topological polar surface area (TPSA) is 308 Å². The highest BCUT2D eigenvalue weighted by Crippen LogP contribution is 2.34. The molecular weight excluding hydrogens is 967 g/mol. The quantitative estimate of drug-likeness (QED) is 0.0493. The second-order valence-electron chi connectivity index (χ2n) is 14.6. The maximum Gasteiger partial charge on any atom is 0.374 e. The third-order valence-electron chi connectivity index (χ3n) is 10.0. The van der Waals surface area contributed by atoms with Crippen LogP contribution in [0.5, 0.6) is 0 Å². The van der Waals surface area contributed by atoms with Crippen molar-refractivity contribution in [2.75, 3.05) is 13.7 Å². The maximum atomic E-state index is 12.1. The fourth-order valence-corrected chi connectivity index (χ4v) is 8.98. The lowest BCUT2D eigenvalue weighted by molar-refractivity contribution is 0.0513. The van der Waals surface area contributed by atoms with Gasteiger partial charge in [0.2, 0.25) is 11.6 Å². The number of aliphatic hydroxyl groups is 1. The molecule has 8 heterocycles. The number of aliphatic hydroxyl groups excluding tert-OH is 1. The number of rotatable bonds is 10. The van der Waals surface area contributed by atoms with Gasteiger partial charge >= 0.3 is 5.97 Å². The Hall–Kier alpha value is -8.42. The summed E-state index contributed by atoms with van der Waals surface area (Å²) in [6.07, 6.45) is 5.31. The molecule has 0 unspecified atom stereocenters. The Balaban J connectivity index is 0.000000170. The number of benzene rings is 3. The molecule has 1 amide bonds. The molecule has 0 spiro atoms. The lowest BCUT2D eigenvalue weighted by Crippen LogP contribution is -2.15. The Morgan fingerprint density at radius 2 is 1.07 bits per heavy atom. The standard InChI is InChI=1S/C17H15N5O2S.C15H12N6OS.C13H9N3O2S.CH4O.CH4.H3N/c1-3-24-17(23)16-19-14(15(20-16)12-6-7-22(2)21-12)10-4-5-11-13(8-10)25-9-18-11;1-21-5-4-10(20-21)13-12(18-15(19-13)14(16)22)8-2-3-9-11(6-8)23-7-17-9;1-16-5-4-10(15-16)13(18)12(17)8-2-3-9-11(6-8)19-7-14-9;1-2;;/h4-9H,3H2,1-2H3,(H,19,20);2-7H,1H3,(H2,16,22)(H,18,19);2-7H,1H3;2H,1H3;1H4;1H3. The number of fused-ring (bicyclic) bond motifs is 3. The Bertz CT molecular complexity index is 3630. The van der Waals surface area contributed by atoms with Crippen LogP contribution in [0.1, 0.15) is 56.4 Å². The molecule has 0 atom stereocenters. The van der Waals surface area contributed by atoms with Gasteiger partial charge in [-0.05, 0) is 67.6 Å². The minimum Gasteiger partial charge on any atom is -0.460 e. The number of Topliss-reactive ketones (excluding diaryl/α,β-unsaturated/α-hetero) is 2. The van der Waals surface area contributed by atoms with E-state index < -0.39 is 23.4 Å². The van der Waals surface area contributed by atoms with E-state index in [1.165, 1.54) is 22.1 Å². The minimum atomic E-state index is -0.604. The van der Waals surface area contributed by atoms with Crippen LogP contribution in [0.2, 0.25) is 0 Å². The van der Waals surface area contributed by atoms with E-state index in [2.05, 4.69) is 50.2 Å². The van der Waals surface area contributed by atoms with E-state index in [0.717, 1.165) is 48.9 Å². The Morgan fingerprint density at radius 3 is 1.52 bits per heavy atom. The zero-order chi connectivity index (χ0) is 48.8. The number of carbonyl (C=O) groups is 4. The van der Waals surface area contributed by atoms with E-state index >= 15 is 0 Å². The number of aromatic amines is 2. The number of nitrogens with zero attached hydrogens (tertiary/aromatic N) is 11. The van der Waals surface area contributed by atoms with E-state index in [4.69, 9.17) is 15.6 Å². The van der Waals surface area contributed by atoms with Crippen molar-refractivity contribution in [1.29, 1.82) is 0 Å².